The molecule has 3 unspecified atom stereocenters. The first-order valence-electron chi connectivity index (χ1n) is 9.48. The number of fused-ring (bicyclic) bond motifs is 2. The van der Waals surface area contributed by atoms with E-state index in [1.54, 1.807) is 16.9 Å². The van der Waals surface area contributed by atoms with Gasteiger partial charge in [0.25, 0.3) is 0 Å². The molecule has 3 atom stereocenters. The molecule has 0 bridgehead atoms. The van der Waals surface area contributed by atoms with Gasteiger partial charge in [0.2, 0.25) is 5.88 Å². The van der Waals surface area contributed by atoms with E-state index in [-0.39, 0.29) is 18.2 Å². The Labute approximate surface area is 164 Å². The number of amides is 1. The second kappa shape index (κ2) is 7.54. The first-order chi connectivity index (χ1) is 12.8. The van der Waals surface area contributed by atoms with E-state index in [4.69, 9.17) is 21.1 Å². The first-order valence-corrected chi connectivity index (χ1v) is 9.86. The highest BCUT2D eigenvalue weighted by molar-refractivity contribution is 6.29. The zero-order valence-corrected chi connectivity index (χ0v) is 17.2. The fourth-order valence-electron chi connectivity index (χ4n) is 3.61. The summed E-state index contributed by atoms with van der Waals surface area (Å²) in [6.07, 6.45) is 4.81. The zero-order chi connectivity index (χ0) is 19.8. The average molecular weight is 395 g/mol. The highest BCUT2D eigenvalue weighted by Gasteiger charge is 2.52. The van der Waals surface area contributed by atoms with Crippen molar-refractivity contribution in [2.45, 2.75) is 65.2 Å². The molecule has 4 rings (SSSR count). The van der Waals surface area contributed by atoms with Gasteiger partial charge in [0, 0.05) is 24.9 Å². The minimum atomic E-state index is -0.479. The summed E-state index contributed by atoms with van der Waals surface area (Å²) in [5.74, 6) is 0.792. The molecule has 2 fully saturated rings. The van der Waals surface area contributed by atoms with Crippen molar-refractivity contribution in [3.05, 3.63) is 23.6 Å². The molecule has 0 N–H and O–H groups in total. The standard InChI is InChI=1S/C17H21ClN4O3.C2H6/c1-17(2,3)25-16(23)21-7-5-10-12(21)8-13(10)24-15-11-4-6-19-22(11)9-14(18)20-15;1-2/h4,6,9-10,12-13H,5,7-8H2,1-3H3;1-2H3. The number of hydrogen-bond acceptors (Lipinski definition) is 5. The van der Waals surface area contributed by atoms with Crippen LogP contribution in [0, 0.1) is 5.92 Å². The fourth-order valence-corrected chi connectivity index (χ4v) is 3.78. The Balaban J connectivity index is 0.00000102. The van der Waals surface area contributed by atoms with Gasteiger partial charge in [-0.3, -0.25) is 0 Å². The van der Waals surface area contributed by atoms with Crippen molar-refractivity contribution >= 4 is 23.2 Å². The second-order valence-electron chi connectivity index (χ2n) is 7.62. The number of hydrogen-bond donors (Lipinski definition) is 0. The normalized spacial score (nSPS) is 23.9. The Kier molecular flexibility index (Phi) is 5.51. The smallest absolute Gasteiger partial charge is 0.410 e. The van der Waals surface area contributed by atoms with E-state index in [0.717, 1.165) is 18.4 Å². The molecule has 27 heavy (non-hydrogen) atoms. The van der Waals surface area contributed by atoms with Gasteiger partial charge in [-0.15, -0.1) is 0 Å². The Hall–Kier alpha value is -2.02. The Morgan fingerprint density at radius 2 is 2.07 bits per heavy atom. The molecule has 8 heteroatoms. The molecule has 0 radical (unpaired) electrons. The lowest BCUT2D eigenvalue weighted by Gasteiger charge is -2.42. The van der Waals surface area contributed by atoms with E-state index < -0.39 is 5.60 Å². The van der Waals surface area contributed by atoms with Crippen LogP contribution >= 0.6 is 11.6 Å². The number of carbonyl (C=O) groups excluding carboxylic acids is 1. The molecule has 1 aliphatic carbocycles. The number of rotatable bonds is 2. The first kappa shape index (κ1) is 19.7. The number of halogens is 1. The summed E-state index contributed by atoms with van der Waals surface area (Å²) in [7, 11) is 0. The van der Waals surface area contributed by atoms with Gasteiger partial charge in [0.05, 0.1) is 12.4 Å². The summed E-state index contributed by atoms with van der Waals surface area (Å²) >= 11 is 6.04. The van der Waals surface area contributed by atoms with E-state index in [1.807, 2.05) is 45.6 Å². The van der Waals surface area contributed by atoms with Crippen LogP contribution in [0.4, 0.5) is 4.79 Å². The summed E-state index contributed by atoms with van der Waals surface area (Å²) in [5, 5.41) is 4.51. The predicted molar refractivity (Wildman–Crippen MR) is 103 cm³/mol. The maximum atomic E-state index is 12.3. The summed E-state index contributed by atoms with van der Waals surface area (Å²) in [5.41, 5.74) is 0.308. The third-order valence-corrected chi connectivity index (χ3v) is 4.95. The van der Waals surface area contributed by atoms with Crippen molar-refractivity contribution < 1.29 is 14.3 Å². The number of ether oxygens (including phenoxy) is 2. The quantitative estimate of drug-likeness (QED) is 0.764. The molecule has 0 spiro atoms. The molecule has 148 valence electrons. The number of likely N-dealkylation sites (tertiary alicyclic amines) is 1. The van der Waals surface area contributed by atoms with E-state index in [2.05, 4.69) is 10.1 Å². The lowest BCUT2D eigenvalue weighted by Crippen LogP contribution is -2.54. The Morgan fingerprint density at radius 1 is 1.33 bits per heavy atom. The third kappa shape index (κ3) is 3.98. The molecule has 1 saturated carbocycles. The summed E-state index contributed by atoms with van der Waals surface area (Å²) in [6, 6.07) is 2.02. The fraction of sp³-hybridized carbons (Fsp3) is 0.632. The second-order valence-corrected chi connectivity index (χ2v) is 8.00. The average Bonchev–Trinajstić information content (AvgIpc) is 3.17. The molecule has 3 heterocycles. The van der Waals surface area contributed by atoms with Gasteiger partial charge in [0.15, 0.2) is 5.15 Å². The van der Waals surface area contributed by atoms with Gasteiger partial charge >= 0.3 is 6.09 Å². The van der Waals surface area contributed by atoms with Crippen LogP contribution in [0.3, 0.4) is 0 Å². The van der Waals surface area contributed by atoms with E-state index >= 15 is 0 Å². The van der Waals surface area contributed by atoms with E-state index in [1.165, 1.54) is 0 Å². The van der Waals surface area contributed by atoms with Crippen LogP contribution in [0.5, 0.6) is 5.88 Å². The van der Waals surface area contributed by atoms with Crippen LogP contribution in [-0.2, 0) is 4.74 Å². The van der Waals surface area contributed by atoms with Gasteiger partial charge in [-0.2, -0.15) is 10.1 Å². The van der Waals surface area contributed by atoms with E-state index in [0.29, 0.717) is 23.5 Å². The molecule has 7 nitrogen and oxygen atoms in total. The van der Waals surface area contributed by atoms with Crippen LogP contribution in [0.2, 0.25) is 5.15 Å². The number of aromatic nitrogens is 3. The monoisotopic (exact) mass is 394 g/mol. The Morgan fingerprint density at radius 3 is 2.78 bits per heavy atom. The summed E-state index contributed by atoms with van der Waals surface area (Å²) < 4.78 is 13.3. The highest BCUT2D eigenvalue weighted by atomic mass is 35.5. The van der Waals surface area contributed by atoms with Crippen molar-refractivity contribution in [2.75, 3.05) is 6.54 Å². The van der Waals surface area contributed by atoms with Crippen LogP contribution in [0.25, 0.3) is 5.52 Å². The van der Waals surface area contributed by atoms with Crippen molar-refractivity contribution in [1.82, 2.24) is 19.5 Å². The lowest BCUT2D eigenvalue weighted by atomic mass is 9.77. The number of nitrogens with zero attached hydrogens (tertiary/aromatic N) is 4. The van der Waals surface area contributed by atoms with Gasteiger partial charge in [-0.1, -0.05) is 25.4 Å². The highest BCUT2D eigenvalue weighted by Crippen LogP contribution is 2.43. The molecule has 1 amide bonds. The van der Waals surface area contributed by atoms with Gasteiger partial charge < -0.3 is 14.4 Å². The van der Waals surface area contributed by atoms with Crippen LogP contribution < -0.4 is 4.74 Å². The minimum Gasteiger partial charge on any atom is -0.472 e. The molecule has 2 aromatic heterocycles. The molecule has 1 aliphatic heterocycles. The van der Waals surface area contributed by atoms with Crippen LogP contribution in [0.15, 0.2) is 18.5 Å². The van der Waals surface area contributed by atoms with Crippen molar-refractivity contribution in [1.29, 1.82) is 0 Å². The summed E-state index contributed by atoms with van der Waals surface area (Å²) in [6.45, 7) is 10.3. The van der Waals surface area contributed by atoms with Gasteiger partial charge in [-0.05, 0) is 33.3 Å². The van der Waals surface area contributed by atoms with Crippen molar-refractivity contribution in [3.63, 3.8) is 0 Å². The van der Waals surface area contributed by atoms with E-state index in [9.17, 15) is 4.79 Å². The maximum Gasteiger partial charge on any atom is 0.410 e. The SMILES string of the molecule is CC.CC(C)(C)OC(=O)N1CCC2C(Oc3nc(Cl)cn4nccc34)CC21. The number of carbonyl (C=O) groups is 1. The van der Waals surface area contributed by atoms with Crippen molar-refractivity contribution in [2.24, 2.45) is 5.92 Å². The zero-order valence-electron chi connectivity index (χ0n) is 16.5. The Bertz CT molecular complexity index is 817. The molecule has 1 saturated heterocycles. The maximum absolute atomic E-state index is 12.3. The third-order valence-electron chi connectivity index (χ3n) is 4.77. The molecule has 2 aliphatic rings. The van der Waals surface area contributed by atoms with Gasteiger partial charge in [-0.25, -0.2) is 9.31 Å². The molecule has 0 aromatic carbocycles. The van der Waals surface area contributed by atoms with Crippen molar-refractivity contribution in [3.8, 4) is 5.88 Å². The minimum absolute atomic E-state index is 0.0297. The largest absolute Gasteiger partial charge is 0.472 e. The molecular weight excluding hydrogens is 368 g/mol. The predicted octanol–water partition coefficient (Wildman–Crippen LogP) is 4.19. The lowest BCUT2D eigenvalue weighted by molar-refractivity contribution is -0.0229. The van der Waals surface area contributed by atoms with Gasteiger partial charge in [0.1, 0.15) is 17.2 Å². The molecular formula is C19H27ClN4O3. The molecule has 2 aromatic rings. The summed E-state index contributed by atoms with van der Waals surface area (Å²) in [4.78, 5) is 18.4. The van der Waals surface area contributed by atoms with Crippen LogP contribution in [0.1, 0.15) is 47.5 Å². The topological polar surface area (TPSA) is 69.0 Å². The van der Waals surface area contributed by atoms with Crippen LogP contribution in [-0.4, -0.2) is 49.9 Å².